The van der Waals surface area contributed by atoms with Crippen LogP contribution >= 0.6 is 0 Å². The Morgan fingerprint density at radius 3 is 2.59 bits per heavy atom. The predicted octanol–water partition coefficient (Wildman–Crippen LogP) is 2.19. The molecule has 1 heterocycles. The summed E-state index contributed by atoms with van der Waals surface area (Å²) in [6.45, 7) is 4.13. The third kappa shape index (κ3) is 4.06. The molecule has 0 radical (unpaired) electrons. The lowest BCUT2D eigenvalue weighted by Gasteiger charge is -2.01. The van der Waals surface area contributed by atoms with E-state index in [9.17, 15) is 4.79 Å². The maximum atomic E-state index is 11.5. The Labute approximate surface area is 99.8 Å². The molecule has 0 saturated carbocycles. The fraction of sp³-hybridized carbons (Fsp3) is 0.250. The minimum absolute atomic E-state index is 0.129. The largest absolute Gasteiger partial charge is 0.455 e. The summed E-state index contributed by atoms with van der Waals surface area (Å²) in [7, 11) is 0. The Balaban J connectivity index is 0.000000686. The molecule has 0 aliphatic carbocycles. The van der Waals surface area contributed by atoms with Crippen molar-refractivity contribution in [1.82, 2.24) is 15.4 Å². The molecule has 2 aromatic rings. The van der Waals surface area contributed by atoms with Gasteiger partial charge in [-0.3, -0.25) is 0 Å². The van der Waals surface area contributed by atoms with E-state index in [0.717, 1.165) is 0 Å². The van der Waals surface area contributed by atoms with Gasteiger partial charge in [-0.1, -0.05) is 32.0 Å². The van der Waals surface area contributed by atoms with Gasteiger partial charge in [-0.2, -0.15) is 15.4 Å². The van der Waals surface area contributed by atoms with Gasteiger partial charge in [0.05, 0.1) is 11.8 Å². The highest BCUT2D eigenvalue weighted by molar-refractivity contribution is 5.89. The van der Waals surface area contributed by atoms with Gasteiger partial charge in [0.1, 0.15) is 12.3 Å². The number of H-pyrrole nitrogens is 1. The van der Waals surface area contributed by atoms with Gasteiger partial charge < -0.3 is 4.74 Å². The first-order valence-corrected chi connectivity index (χ1v) is 5.43. The molecule has 1 aromatic heterocycles. The highest BCUT2D eigenvalue weighted by Gasteiger charge is 2.06. The van der Waals surface area contributed by atoms with Crippen molar-refractivity contribution < 1.29 is 9.53 Å². The second kappa shape index (κ2) is 7.16. The third-order valence-electron chi connectivity index (χ3n) is 1.83. The van der Waals surface area contributed by atoms with E-state index in [4.69, 9.17) is 4.74 Å². The van der Waals surface area contributed by atoms with Gasteiger partial charge in [-0.25, -0.2) is 4.79 Å². The van der Waals surface area contributed by atoms with Crippen LogP contribution in [0.3, 0.4) is 0 Å². The zero-order valence-electron chi connectivity index (χ0n) is 9.88. The third-order valence-corrected chi connectivity index (χ3v) is 1.83. The molecule has 1 N–H and O–H groups in total. The van der Waals surface area contributed by atoms with Gasteiger partial charge in [0.2, 0.25) is 0 Å². The first-order chi connectivity index (χ1) is 8.36. The Morgan fingerprint density at radius 1 is 1.29 bits per heavy atom. The average molecular weight is 233 g/mol. The van der Waals surface area contributed by atoms with E-state index in [1.165, 1.54) is 6.20 Å². The topological polar surface area (TPSA) is 67.9 Å². The summed E-state index contributed by atoms with van der Waals surface area (Å²) in [5, 5.41) is 9.82. The summed E-state index contributed by atoms with van der Waals surface area (Å²) in [5.41, 5.74) is 1.13. The van der Waals surface area contributed by atoms with Crippen LogP contribution in [0.1, 0.15) is 29.9 Å². The summed E-state index contributed by atoms with van der Waals surface area (Å²) < 4.78 is 5.01. The van der Waals surface area contributed by atoms with Crippen molar-refractivity contribution in [3.63, 3.8) is 0 Å². The van der Waals surface area contributed by atoms with Crippen LogP contribution in [0.25, 0.3) is 0 Å². The summed E-state index contributed by atoms with van der Waals surface area (Å²) in [4.78, 5) is 11.5. The summed E-state index contributed by atoms with van der Waals surface area (Å²) in [6.07, 6.45) is 1.51. The summed E-state index contributed by atoms with van der Waals surface area (Å²) >= 11 is 0. The fourth-order valence-corrected chi connectivity index (χ4v) is 1.09. The van der Waals surface area contributed by atoms with E-state index in [2.05, 4.69) is 15.4 Å². The molecule has 0 fully saturated rings. The van der Waals surface area contributed by atoms with Crippen LogP contribution in [0, 0.1) is 0 Å². The Hall–Kier alpha value is -2.17. The number of carbonyl (C=O) groups is 1. The maximum Gasteiger partial charge on any atom is 0.338 e. The number of hydrogen-bond acceptors (Lipinski definition) is 4. The van der Waals surface area contributed by atoms with Crippen molar-refractivity contribution in [2.75, 3.05) is 0 Å². The van der Waals surface area contributed by atoms with Crippen LogP contribution in [0.2, 0.25) is 0 Å². The molecule has 0 spiro atoms. The number of esters is 1. The molecule has 0 atom stereocenters. The molecular weight excluding hydrogens is 218 g/mol. The van der Waals surface area contributed by atoms with E-state index < -0.39 is 0 Å². The molecular formula is C12H15N3O2. The number of nitrogens with one attached hydrogen (secondary N) is 1. The Bertz CT molecular complexity index is 426. The van der Waals surface area contributed by atoms with E-state index >= 15 is 0 Å². The maximum absolute atomic E-state index is 11.5. The SMILES string of the molecule is CC.O=C(OCc1cn[nH]n1)c1ccccc1. The van der Waals surface area contributed by atoms with Crippen LogP contribution < -0.4 is 0 Å². The number of carbonyl (C=O) groups excluding carboxylic acids is 1. The minimum atomic E-state index is -0.362. The number of aromatic nitrogens is 3. The van der Waals surface area contributed by atoms with Crippen LogP contribution in [0.15, 0.2) is 36.5 Å². The van der Waals surface area contributed by atoms with Crippen molar-refractivity contribution in [3.8, 4) is 0 Å². The molecule has 2 rings (SSSR count). The zero-order chi connectivity index (χ0) is 12.5. The number of aromatic amines is 1. The molecule has 0 aliphatic rings. The van der Waals surface area contributed by atoms with Gasteiger partial charge in [0.25, 0.3) is 0 Å². The highest BCUT2D eigenvalue weighted by atomic mass is 16.5. The number of rotatable bonds is 3. The number of nitrogens with zero attached hydrogens (tertiary/aromatic N) is 2. The second-order valence-corrected chi connectivity index (χ2v) is 2.90. The molecule has 17 heavy (non-hydrogen) atoms. The minimum Gasteiger partial charge on any atom is -0.455 e. The van der Waals surface area contributed by atoms with Crippen LogP contribution in [-0.4, -0.2) is 21.4 Å². The van der Waals surface area contributed by atoms with Crippen LogP contribution in [0.4, 0.5) is 0 Å². The Morgan fingerprint density at radius 2 is 2.00 bits per heavy atom. The molecule has 90 valence electrons. The first kappa shape index (κ1) is 12.9. The fourth-order valence-electron chi connectivity index (χ4n) is 1.09. The van der Waals surface area contributed by atoms with Gasteiger partial charge in [0.15, 0.2) is 0 Å². The van der Waals surface area contributed by atoms with Crippen LogP contribution in [-0.2, 0) is 11.3 Å². The lowest BCUT2D eigenvalue weighted by Crippen LogP contribution is -2.05. The van der Waals surface area contributed by atoms with Gasteiger partial charge in [0, 0.05) is 0 Å². The smallest absolute Gasteiger partial charge is 0.338 e. The number of hydrogen-bond donors (Lipinski definition) is 1. The van der Waals surface area contributed by atoms with E-state index in [1.54, 1.807) is 24.3 Å². The van der Waals surface area contributed by atoms with Crippen molar-refractivity contribution >= 4 is 5.97 Å². The lowest BCUT2D eigenvalue weighted by atomic mass is 10.2. The monoisotopic (exact) mass is 233 g/mol. The number of benzene rings is 1. The van der Waals surface area contributed by atoms with Gasteiger partial charge in [-0.15, -0.1) is 0 Å². The first-order valence-electron chi connectivity index (χ1n) is 5.43. The number of ether oxygens (including phenoxy) is 1. The molecule has 5 nitrogen and oxygen atoms in total. The molecule has 1 aromatic carbocycles. The second-order valence-electron chi connectivity index (χ2n) is 2.90. The summed E-state index contributed by atoms with van der Waals surface area (Å²) in [6, 6.07) is 8.81. The van der Waals surface area contributed by atoms with Gasteiger partial charge >= 0.3 is 5.97 Å². The van der Waals surface area contributed by atoms with E-state index in [-0.39, 0.29) is 12.6 Å². The van der Waals surface area contributed by atoms with E-state index in [0.29, 0.717) is 11.3 Å². The zero-order valence-corrected chi connectivity index (χ0v) is 9.88. The standard InChI is InChI=1S/C10H9N3O2.C2H6/c14-10(8-4-2-1-3-5-8)15-7-9-6-11-13-12-9;1-2/h1-6H,7H2,(H,11,12,13);1-2H3. The normalized spacial score (nSPS) is 9.06. The highest BCUT2D eigenvalue weighted by Crippen LogP contribution is 2.03. The molecule has 0 amide bonds. The van der Waals surface area contributed by atoms with Crippen molar-refractivity contribution in [2.45, 2.75) is 20.5 Å². The van der Waals surface area contributed by atoms with Crippen molar-refractivity contribution in [3.05, 3.63) is 47.8 Å². The molecule has 0 saturated heterocycles. The molecule has 0 aliphatic heterocycles. The summed E-state index contributed by atoms with van der Waals surface area (Å²) in [5.74, 6) is -0.362. The van der Waals surface area contributed by atoms with Gasteiger partial charge in [-0.05, 0) is 12.1 Å². The molecule has 0 bridgehead atoms. The van der Waals surface area contributed by atoms with E-state index in [1.807, 2.05) is 19.9 Å². The quantitative estimate of drug-likeness (QED) is 0.825. The molecule has 5 heteroatoms. The Kier molecular flexibility index (Phi) is 5.43. The van der Waals surface area contributed by atoms with Crippen LogP contribution in [0.5, 0.6) is 0 Å². The van der Waals surface area contributed by atoms with Crippen molar-refractivity contribution in [1.29, 1.82) is 0 Å². The lowest BCUT2D eigenvalue weighted by molar-refractivity contribution is 0.0467. The molecule has 0 unspecified atom stereocenters. The predicted molar refractivity (Wildman–Crippen MR) is 63.3 cm³/mol. The average Bonchev–Trinajstić information content (AvgIpc) is 2.92. The van der Waals surface area contributed by atoms with Crippen molar-refractivity contribution in [2.24, 2.45) is 0 Å².